The molecule has 4 heteroatoms. The molecule has 18 heavy (non-hydrogen) atoms. The Balaban J connectivity index is 2.30. The molecule has 1 amide bonds. The van der Waals surface area contributed by atoms with Crippen LogP contribution in [-0.4, -0.2) is 24.5 Å². The zero-order valence-electron chi connectivity index (χ0n) is 11.6. The minimum atomic E-state index is 0.0335. The van der Waals surface area contributed by atoms with Gasteiger partial charge >= 0.3 is 0 Å². The quantitative estimate of drug-likeness (QED) is 0.871. The molecule has 0 aliphatic heterocycles. The Morgan fingerprint density at radius 1 is 1.39 bits per heavy atom. The molecular formula is C14H22N2O2. The van der Waals surface area contributed by atoms with Gasteiger partial charge in [-0.15, -0.1) is 0 Å². The zero-order valence-corrected chi connectivity index (χ0v) is 11.6. The summed E-state index contributed by atoms with van der Waals surface area (Å²) in [5.74, 6) is 0.708. The first-order valence-electron chi connectivity index (χ1n) is 6.16. The highest BCUT2D eigenvalue weighted by Gasteiger charge is 2.15. The molecule has 0 radical (unpaired) electrons. The Morgan fingerprint density at radius 2 is 2.11 bits per heavy atom. The minimum Gasteiger partial charge on any atom is -0.481 e. The molecule has 0 aliphatic carbocycles. The Labute approximate surface area is 109 Å². The summed E-state index contributed by atoms with van der Waals surface area (Å²) < 4.78 is 4.99. The van der Waals surface area contributed by atoms with Crippen molar-refractivity contribution in [3.05, 3.63) is 23.9 Å². The van der Waals surface area contributed by atoms with Crippen molar-refractivity contribution in [3.8, 4) is 5.88 Å². The van der Waals surface area contributed by atoms with E-state index >= 15 is 0 Å². The Hall–Kier alpha value is -1.58. The van der Waals surface area contributed by atoms with Crippen molar-refractivity contribution in [2.24, 2.45) is 5.41 Å². The third-order valence-corrected chi connectivity index (χ3v) is 2.43. The first kappa shape index (κ1) is 14.5. The van der Waals surface area contributed by atoms with Crippen molar-refractivity contribution >= 4 is 5.91 Å². The van der Waals surface area contributed by atoms with Gasteiger partial charge in [0.2, 0.25) is 11.8 Å². The summed E-state index contributed by atoms with van der Waals surface area (Å²) >= 11 is 0. The Morgan fingerprint density at radius 3 is 2.61 bits per heavy atom. The maximum absolute atomic E-state index is 11.6. The summed E-state index contributed by atoms with van der Waals surface area (Å²) in [5, 5.41) is 2.92. The van der Waals surface area contributed by atoms with Crippen molar-refractivity contribution in [3.63, 3.8) is 0 Å². The minimum absolute atomic E-state index is 0.0335. The normalized spacial score (nSPS) is 11.1. The van der Waals surface area contributed by atoms with E-state index in [1.54, 1.807) is 13.3 Å². The number of nitrogens with zero attached hydrogens (tertiary/aromatic N) is 1. The summed E-state index contributed by atoms with van der Waals surface area (Å²) in [6, 6.07) is 3.79. The van der Waals surface area contributed by atoms with Crippen LogP contribution in [0.5, 0.6) is 5.88 Å². The number of methoxy groups -OCH3 is 1. The molecule has 0 fully saturated rings. The number of pyridine rings is 1. The second-order valence-corrected chi connectivity index (χ2v) is 5.55. The van der Waals surface area contributed by atoms with Gasteiger partial charge in [-0.05, 0) is 17.4 Å². The highest BCUT2D eigenvalue weighted by molar-refractivity contribution is 5.76. The molecule has 1 aromatic rings. The molecule has 0 unspecified atom stereocenters. The van der Waals surface area contributed by atoms with Crippen LogP contribution < -0.4 is 10.1 Å². The highest BCUT2D eigenvalue weighted by atomic mass is 16.5. The first-order valence-corrected chi connectivity index (χ1v) is 6.16. The fourth-order valence-corrected chi connectivity index (χ4v) is 1.57. The number of carbonyl (C=O) groups excluding carboxylic acids is 1. The summed E-state index contributed by atoms with van der Waals surface area (Å²) in [7, 11) is 1.59. The first-order chi connectivity index (χ1) is 8.40. The van der Waals surface area contributed by atoms with Gasteiger partial charge in [-0.2, -0.15) is 0 Å². The summed E-state index contributed by atoms with van der Waals surface area (Å²) in [4.78, 5) is 15.7. The van der Waals surface area contributed by atoms with Crippen LogP contribution in [-0.2, 0) is 11.2 Å². The Bertz CT molecular complexity index is 380. The van der Waals surface area contributed by atoms with Crippen LogP contribution in [0.1, 0.15) is 32.8 Å². The van der Waals surface area contributed by atoms with E-state index in [4.69, 9.17) is 4.74 Å². The van der Waals surface area contributed by atoms with Crippen molar-refractivity contribution in [1.29, 1.82) is 0 Å². The van der Waals surface area contributed by atoms with Crippen LogP contribution in [0.4, 0.5) is 0 Å². The second kappa shape index (κ2) is 6.38. The molecular weight excluding hydrogens is 228 g/mol. The van der Waals surface area contributed by atoms with Crippen molar-refractivity contribution in [1.82, 2.24) is 10.3 Å². The zero-order chi connectivity index (χ0) is 13.6. The van der Waals surface area contributed by atoms with Gasteiger partial charge in [-0.1, -0.05) is 26.8 Å². The molecule has 0 aromatic carbocycles. The molecule has 0 saturated heterocycles. The van der Waals surface area contributed by atoms with E-state index in [9.17, 15) is 4.79 Å². The van der Waals surface area contributed by atoms with Crippen LogP contribution >= 0.6 is 0 Å². The number of aromatic nitrogens is 1. The highest BCUT2D eigenvalue weighted by Crippen LogP contribution is 2.17. The van der Waals surface area contributed by atoms with Gasteiger partial charge in [0.15, 0.2) is 0 Å². The number of ether oxygens (including phenoxy) is 1. The molecule has 1 heterocycles. The van der Waals surface area contributed by atoms with Crippen LogP contribution in [0.2, 0.25) is 0 Å². The molecule has 1 N–H and O–H groups in total. The van der Waals surface area contributed by atoms with Gasteiger partial charge in [0.05, 0.1) is 7.11 Å². The predicted molar refractivity (Wildman–Crippen MR) is 71.6 cm³/mol. The van der Waals surface area contributed by atoms with Gasteiger partial charge in [0, 0.05) is 25.2 Å². The molecule has 1 rings (SSSR count). The summed E-state index contributed by atoms with van der Waals surface area (Å²) in [6.45, 7) is 6.81. The third-order valence-electron chi connectivity index (χ3n) is 2.43. The number of nitrogens with one attached hydrogen (secondary N) is 1. The predicted octanol–water partition coefficient (Wildman–Crippen LogP) is 2.19. The maximum atomic E-state index is 11.6. The average molecular weight is 250 g/mol. The van der Waals surface area contributed by atoms with Crippen molar-refractivity contribution < 1.29 is 9.53 Å². The smallest absolute Gasteiger partial charge is 0.220 e. The Kier molecular flexibility index (Phi) is 5.13. The molecule has 1 aromatic heterocycles. The lowest BCUT2D eigenvalue weighted by atomic mass is 9.92. The van der Waals surface area contributed by atoms with E-state index in [-0.39, 0.29) is 11.3 Å². The van der Waals surface area contributed by atoms with E-state index < -0.39 is 0 Å². The number of rotatable bonds is 5. The van der Waals surface area contributed by atoms with Crippen LogP contribution in [0.3, 0.4) is 0 Å². The van der Waals surface area contributed by atoms with E-state index in [1.807, 2.05) is 12.1 Å². The fourth-order valence-electron chi connectivity index (χ4n) is 1.57. The SMILES string of the molecule is COc1ccc(CCNC(=O)CC(C)(C)C)cn1. The standard InChI is InChI=1S/C14H22N2O2/c1-14(2,3)9-12(17)15-8-7-11-5-6-13(18-4)16-10-11/h5-6,10H,7-9H2,1-4H3,(H,15,17). The second-order valence-electron chi connectivity index (χ2n) is 5.55. The molecule has 0 bridgehead atoms. The number of carbonyl (C=O) groups is 1. The van der Waals surface area contributed by atoms with Crippen LogP contribution in [0.15, 0.2) is 18.3 Å². The molecule has 0 atom stereocenters. The van der Waals surface area contributed by atoms with Gasteiger partial charge < -0.3 is 10.1 Å². The van der Waals surface area contributed by atoms with Crippen molar-refractivity contribution in [2.75, 3.05) is 13.7 Å². The molecule has 0 saturated carbocycles. The molecule has 0 spiro atoms. The topological polar surface area (TPSA) is 51.2 Å². The van der Waals surface area contributed by atoms with Crippen molar-refractivity contribution in [2.45, 2.75) is 33.6 Å². The molecule has 100 valence electrons. The van der Waals surface area contributed by atoms with E-state index in [0.29, 0.717) is 18.8 Å². The van der Waals surface area contributed by atoms with E-state index in [2.05, 4.69) is 31.1 Å². The van der Waals surface area contributed by atoms with Gasteiger partial charge in [-0.3, -0.25) is 4.79 Å². The third kappa shape index (κ3) is 5.66. The van der Waals surface area contributed by atoms with Crippen LogP contribution in [0, 0.1) is 5.41 Å². The number of amides is 1. The lowest BCUT2D eigenvalue weighted by molar-refractivity contribution is -0.122. The maximum Gasteiger partial charge on any atom is 0.220 e. The lowest BCUT2D eigenvalue weighted by Crippen LogP contribution is -2.29. The van der Waals surface area contributed by atoms with Gasteiger partial charge in [0.25, 0.3) is 0 Å². The van der Waals surface area contributed by atoms with E-state index in [0.717, 1.165) is 12.0 Å². The number of hydrogen-bond acceptors (Lipinski definition) is 3. The fraction of sp³-hybridized carbons (Fsp3) is 0.571. The summed E-state index contributed by atoms with van der Waals surface area (Å²) in [6.07, 6.45) is 3.11. The van der Waals surface area contributed by atoms with Gasteiger partial charge in [0.1, 0.15) is 0 Å². The largest absolute Gasteiger partial charge is 0.481 e. The molecule has 4 nitrogen and oxygen atoms in total. The summed E-state index contributed by atoms with van der Waals surface area (Å²) in [5.41, 5.74) is 1.12. The lowest BCUT2D eigenvalue weighted by Gasteiger charge is -2.17. The monoisotopic (exact) mass is 250 g/mol. The average Bonchev–Trinajstić information content (AvgIpc) is 2.27. The van der Waals surface area contributed by atoms with Crippen LogP contribution in [0.25, 0.3) is 0 Å². The van der Waals surface area contributed by atoms with Gasteiger partial charge in [-0.25, -0.2) is 4.98 Å². The molecule has 0 aliphatic rings. The van der Waals surface area contributed by atoms with E-state index in [1.165, 1.54) is 0 Å². The number of hydrogen-bond donors (Lipinski definition) is 1.